The summed E-state index contributed by atoms with van der Waals surface area (Å²) in [5.74, 6) is 0.941. The molecule has 98 valence electrons. The molecule has 0 aliphatic carbocycles. The highest BCUT2D eigenvalue weighted by Crippen LogP contribution is 2.27. The van der Waals surface area contributed by atoms with Gasteiger partial charge in [-0.1, -0.05) is 26.3 Å². The summed E-state index contributed by atoms with van der Waals surface area (Å²) in [6.45, 7) is 4.60. The molecule has 0 amide bonds. The van der Waals surface area contributed by atoms with Gasteiger partial charge in [-0.2, -0.15) is 5.26 Å². The van der Waals surface area contributed by atoms with Gasteiger partial charge in [0.1, 0.15) is 6.07 Å². The minimum Gasteiger partial charge on any atom is -0.391 e. The third-order valence-corrected chi connectivity index (χ3v) is 3.53. The quantitative estimate of drug-likeness (QED) is 0.742. The molecule has 0 saturated heterocycles. The molecule has 4 heteroatoms. The Bertz CT molecular complexity index is 415. The molecule has 0 radical (unpaired) electrons. The van der Waals surface area contributed by atoms with Crippen LogP contribution >= 0.6 is 11.8 Å². The van der Waals surface area contributed by atoms with Crippen molar-refractivity contribution in [2.24, 2.45) is 0 Å². The Hall–Kier alpha value is -1.18. The monoisotopic (exact) mass is 264 g/mol. The second-order valence-corrected chi connectivity index (χ2v) is 5.35. The van der Waals surface area contributed by atoms with Gasteiger partial charge < -0.3 is 10.4 Å². The summed E-state index contributed by atoms with van der Waals surface area (Å²) in [6, 6.07) is 8.02. The molecule has 0 saturated carbocycles. The van der Waals surface area contributed by atoms with Crippen molar-refractivity contribution in [3.05, 3.63) is 23.8 Å². The largest absolute Gasteiger partial charge is 0.391 e. The van der Waals surface area contributed by atoms with E-state index in [9.17, 15) is 10.4 Å². The number of aliphatic hydroxyl groups excluding tert-OH is 1. The summed E-state index contributed by atoms with van der Waals surface area (Å²) in [5.41, 5.74) is 1.49. The van der Waals surface area contributed by atoms with Gasteiger partial charge in [-0.05, 0) is 24.3 Å². The Morgan fingerprint density at radius 2 is 2.22 bits per heavy atom. The number of aliphatic hydroxyl groups is 1. The zero-order valence-corrected chi connectivity index (χ0v) is 11.8. The second-order valence-electron chi connectivity index (χ2n) is 4.05. The molecule has 3 nitrogen and oxygen atoms in total. The van der Waals surface area contributed by atoms with E-state index in [1.165, 1.54) is 0 Å². The van der Waals surface area contributed by atoms with Crippen LogP contribution in [0.5, 0.6) is 0 Å². The highest BCUT2D eigenvalue weighted by molar-refractivity contribution is 7.99. The Labute approximate surface area is 113 Å². The Balaban J connectivity index is 2.76. The molecule has 0 aliphatic rings. The Morgan fingerprint density at radius 1 is 1.44 bits per heavy atom. The predicted molar refractivity (Wildman–Crippen MR) is 77.0 cm³/mol. The van der Waals surface area contributed by atoms with E-state index >= 15 is 0 Å². The van der Waals surface area contributed by atoms with E-state index in [1.54, 1.807) is 11.8 Å². The van der Waals surface area contributed by atoms with Gasteiger partial charge in [-0.15, -0.1) is 11.8 Å². The molecule has 0 fully saturated rings. The fourth-order valence-corrected chi connectivity index (χ4v) is 2.52. The molecule has 1 atom stereocenters. The van der Waals surface area contributed by atoms with E-state index in [1.807, 2.05) is 25.1 Å². The normalized spacial score (nSPS) is 11.9. The molecule has 18 heavy (non-hydrogen) atoms. The maximum Gasteiger partial charge on any atom is 0.102 e. The topological polar surface area (TPSA) is 56.0 Å². The fourth-order valence-electron chi connectivity index (χ4n) is 1.73. The van der Waals surface area contributed by atoms with Gasteiger partial charge in [0.2, 0.25) is 0 Å². The van der Waals surface area contributed by atoms with Gasteiger partial charge in [0, 0.05) is 11.4 Å². The van der Waals surface area contributed by atoms with Gasteiger partial charge in [0.25, 0.3) is 0 Å². The molecule has 2 N–H and O–H groups in total. The molecular weight excluding hydrogens is 244 g/mol. The van der Waals surface area contributed by atoms with Crippen molar-refractivity contribution in [3.63, 3.8) is 0 Å². The van der Waals surface area contributed by atoms with Crippen LogP contribution in [0.1, 0.15) is 32.3 Å². The SMILES string of the molecule is CCCC(O)CNc1cccc(SCC)c1C#N. The average Bonchev–Trinajstić information content (AvgIpc) is 2.37. The minimum atomic E-state index is -0.357. The first-order valence-electron chi connectivity index (χ1n) is 6.30. The number of hydrogen-bond acceptors (Lipinski definition) is 4. The molecule has 0 bridgehead atoms. The van der Waals surface area contributed by atoms with E-state index < -0.39 is 0 Å². The van der Waals surface area contributed by atoms with Crippen LogP contribution in [0.15, 0.2) is 23.1 Å². The van der Waals surface area contributed by atoms with Crippen LogP contribution in [0.4, 0.5) is 5.69 Å². The minimum absolute atomic E-state index is 0.357. The van der Waals surface area contributed by atoms with Crippen LogP contribution in [0, 0.1) is 11.3 Å². The van der Waals surface area contributed by atoms with E-state index in [0.717, 1.165) is 29.2 Å². The smallest absolute Gasteiger partial charge is 0.102 e. The molecule has 0 aromatic heterocycles. The van der Waals surface area contributed by atoms with Crippen LogP contribution in [0.2, 0.25) is 0 Å². The van der Waals surface area contributed by atoms with Gasteiger partial charge >= 0.3 is 0 Å². The zero-order chi connectivity index (χ0) is 13.4. The standard InChI is InChI=1S/C14H20N2OS/c1-3-6-11(17)10-16-13-7-5-8-14(18-4-2)12(13)9-15/h5,7-8,11,16-17H,3-4,6,10H2,1-2H3. The molecule has 0 aliphatic heterocycles. The van der Waals surface area contributed by atoms with Crippen molar-refractivity contribution in [2.75, 3.05) is 17.6 Å². The van der Waals surface area contributed by atoms with E-state index in [0.29, 0.717) is 12.1 Å². The zero-order valence-electron chi connectivity index (χ0n) is 10.9. The van der Waals surface area contributed by atoms with Crippen LogP contribution in [-0.4, -0.2) is 23.5 Å². The fraction of sp³-hybridized carbons (Fsp3) is 0.500. The number of nitrogens with zero attached hydrogens (tertiary/aromatic N) is 1. The Morgan fingerprint density at radius 3 is 2.83 bits per heavy atom. The van der Waals surface area contributed by atoms with E-state index in [2.05, 4.69) is 18.3 Å². The van der Waals surface area contributed by atoms with Gasteiger partial charge in [0.05, 0.1) is 17.4 Å². The molecule has 1 aromatic rings. The number of nitrogens with one attached hydrogen (secondary N) is 1. The van der Waals surface area contributed by atoms with Crippen molar-refractivity contribution >= 4 is 17.4 Å². The molecule has 1 unspecified atom stereocenters. The average molecular weight is 264 g/mol. The Kier molecular flexibility index (Phi) is 6.63. The summed E-state index contributed by atoms with van der Waals surface area (Å²) in [4.78, 5) is 0.995. The van der Waals surface area contributed by atoms with Crippen LogP contribution in [0.25, 0.3) is 0 Å². The number of anilines is 1. The second kappa shape index (κ2) is 8.02. The van der Waals surface area contributed by atoms with Gasteiger partial charge in [-0.25, -0.2) is 0 Å². The lowest BCUT2D eigenvalue weighted by atomic mass is 10.1. The molecular formula is C14H20N2OS. The van der Waals surface area contributed by atoms with Crippen molar-refractivity contribution in [3.8, 4) is 6.07 Å². The van der Waals surface area contributed by atoms with Gasteiger partial charge in [0.15, 0.2) is 0 Å². The first kappa shape index (κ1) is 14.9. The maximum atomic E-state index is 9.70. The summed E-state index contributed by atoms with van der Waals surface area (Å²) in [5, 5.41) is 22.1. The first-order chi connectivity index (χ1) is 8.72. The highest BCUT2D eigenvalue weighted by atomic mass is 32.2. The number of nitriles is 1. The summed E-state index contributed by atoms with van der Waals surface area (Å²) in [6.07, 6.45) is 1.38. The lowest BCUT2D eigenvalue weighted by Crippen LogP contribution is -2.19. The van der Waals surface area contributed by atoms with Crippen LogP contribution in [-0.2, 0) is 0 Å². The number of thioether (sulfide) groups is 1. The molecule has 0 heterocycles. The third-order valence-electron chi connectivity index (χ3n) is 2.59. The molecule has 1 aromatic carbocycles. The predicted octanol–water partition coefficient (Wildman–Crippen LogP) is 3.24. The van der Waals surface area contributed by atoms with Crippen LogP contribution in [0.3, 0.4) is 0 Å². The molecule has 1 rings (SSSR count). The summed E-state index contributed by atoms with van der Waals surface area (Å²) < 4.78 is 0. The van der Waals surface area contributed by atoms with Crippen LogP contribution < -0.4 is 5.32 Å². The number of rotatable bonds is 7. The van der Waals surface area contributed by atoms with Gasteiger partial charge in [-0.3, -0.25) is 0 Å². The van der Waals surface area contributed by atoms with Crippen molar-refractivity contribution in [1.29, 1.82) is 5.26 Å². The first-order valence-corrected chi connectivity index (χ1v) is 7.29. The third kappa shape index (κ3) is 4.25. The lowest BCUT2D eigenvalue weighted by Gasteiger charge is -2.14. The van der Waals surface area contributed by atoms with Crippen molar-refractivity contribution in [1.82, 2.24) is 0 Å². The summed E-state index contributed by atoms with van der Waals surface area (Å²) in [7, 11) is 0. The van der Waals surface area contributed by atoms with Crippen molar-refractivity contribution in [2.45, 2.75) is 37.7 Å². The molecule has 0 spiro atoms. The van der Waals surface area contributed by atoms with E-state index in [4.69, 9.17) is 0 Å². The van der Waals surface area contributed by atoms with Crippen molar-refractivity contribution < 1.29 is 5.11 Å². The number of benzene rings is 1. The maximum absolute atomic E-state index is 9.70. The highest BCUT2D eigenvalue weighted by Gasteiger charge is 2.09. The number of hydrogen-bond donors (Lipinski definition) is 2. The lowest BCUT2D eigenvalue weighted by molar-refractivity contribution is 0.176. The summed E-state index contributed by atoms with van der Waals surface area (Å²) >= 11 is 1.66. The van der Waals surface area contributed by atoms with E-state index in [-0.39, 0.29) is 6.10 Å².